The first-order chi connectivity index (χ1) is 4.79. The van der Waals surface area contributed by atoms with Gasteiger partial charge >= 0.3 is 0 Å². The molecular formula is C8H10N2. The third-order valence-corrected chi connectivity index (χ3v) is 0.999. The predicted molar refractivity (Wildman–Crippen MR) is 42.7 cm³/mol. The normalized spacial score (nSPS) is 9.00. The highest BCUT2D eigenvalue weighted by Gasteiger charge is 1.84. The lowest BCUT2D eigenvalue weighted by atomic mass is 10.4. The zero-order chi connectivity index (χ0) is 7.40. The van der Waals surface area contributed by atoms with E-state index >= 15 is 0 Å². The summed E-state index contributed by atoms with van der Waals surface area (Å²) in [6.07, 6.45) is 3.48. The molecule has 0 bridgehead atoms. The highest BCUT2D eigenvalue weighted by Crippen LogP contribution is 2.07. The SMILES string of the molecule is CC(C)=Nc1cccnc1. The Morgan fingerprint density at radius 2 is 2.30 bits per heavy atom. The van der Waals surface area contributed by atoms with Crippen molar-refractivity contribution in [2.45, 2.75) is 13.8 Å². The first-order valence-corrected chi connectivity index (χ1v) is 3.21. The van der Waals surface area contributed by atoms with Crippen molar-refractivity contribution in [1.82, 2.24) is 4.98 Å². The number of rotatable bonds is 1. The van der Waals surface area contributed by atoms with Crippen molar-refractivity contribution in [3.63, 3.8) is 0 Å². The first-order valence-electron chi connectivity index (χ1n) is 3.21. The quantitative estimate of drug-likeness (QED) is 0.540. The van der Waals surface area contributed by atoms with Crippen LogP contribution in [0.15, 0.2) is 29.5 Å². The van der Waals surface area contributed by atoms with E-state index in [1.807, 2.05) is 26.0 Å². The molecule has 0 fully saturated rings. The topological polar surface area (TPSA) is 25.2 Å². The zero-order valence-corrected chi connectivity index (χ0v) is 6.20. The number of pyridine rings is 1. The average molecular weight is 134 g/mol. The van der Waals surface area contributed by atoms with E-state index in [2.05, 4.69) is 9.98 Å². The minimum atomic E-state index is 0.919. The maximum Gasteiger partial charge on any atom is 0.0811 e. The molecule has 0 N–H and O–H groups in total. The molecular weight excluding hydrogens is 124 g/mol. The lowest BCUT2D eigenvalue weighted by Gasteiger charge is -1.90. The molecule has 1 rings (SSSR count). The Bertz CT molecular complexity index is 222. The second kappa shape index (κ2) is 3.11. The van der Waals surface area contributed by atoms with Gasteiger partial charge in [-0.15, -0.1) is 0 Å². The van der Waals surface area contributed by atoms with Crippen molar-refractivity contribution < 1.29 is 0 Å². The summed E-state index contributed by atoms with van der Waals surface area (Å²) in [6, 6.07) is 3.81. The average Bonchev–Trinajstić information content (AvgIpc) is 1.88. The summed E-state index contributed by atoms with van der Waals surface area (Å²) in [5.41, 5.74) is 1.97. The van der Waals surface area contributed by atoms with Gasteiger partial charge in [0.1, 0.15) is 0 Å². The maximum atomic E-state index is 4.21. The van der Waals surface area contributed by atoms with E-state index in [9.17, 15) is 0 Å². The van der Waals surface area contributed by atoms with Gasteiger partial charge in [-0.05, 0) is 26.0 Å². The van der Waals surface area contributed by atoms with Gasteiger partial charge in [0.25, 0.3) is 0 Å². The Morgan fingerprint density at radius 3 is 2.80 bits per heavy atom. The van der Waals surface area contributed by atoms with Gasteiger partial charge in [0, 0.05) is 11.9 Å². The summed E-state index contributed by atoms with van der Waals surface area (Å²) in [6.45, 7) is 3.93. The molecule has 2 nitrogen and oxygen atoms in total. The van der Waals surface area contributed by atoms with Crippen molar-refractivity contribution in [2.75, 3.05) is 0 Å². The van der Waals surface area contributed by atoms with Crippen molar-refractivity contribution >= 4 is 11.4 Å². The van der Waals surface area contributed by atoms with Crippen molar-refractivity contribution in [3.8, 4) is 0 Å². The molecule has 2 heteroatoms. The second-order valence-electron chi connectivity index (χ2n) is 2.27. The van der Waals surface area contributed by atoms with Gasteiger partial charge in [-0.2, -0.15) is 0 Å². The standard InChI is InChI=1S/C8H10N2/c1-7(2)10-8-4-3-5-9-6-8/h3-6H,1-2H3. The molecule has 0 atom stereocenters. The number of aromatic nitrogens is 1. The Kier molecular flexibility index (Phi) is 2.15. The van der Waals surface area contributed by atoms with Gasteiger partial charge in [0.05, 0.1) is 11.9 Å². The van der Waals surface area contributed by atoms with Crippen molar-refractivity contribution in [3.05, 3.63) is 24.5 Å². The van der Waals surface area contributed by atoms with Gasteiger partial charge in [0.2, 0.25) is 0 Å². The highest BCUT2D eigenvalue weighted by molar-refractivity contribution is 5.81. The molecule has 0 aliphatic carbocycles. The van der Waals surface area contributed by atoms with E-state index < -0.39 is 0 Å². The first kappa shape index (κ1) is 6.93. The number of hydrogen-bond acceptors (Lipinski definition) is 2. The van der Waals surface area contributed by atoms with E-state index in [1.54, 1.807) is 12.4 Å². The van der Waals surface area contributed by atoms with E-state index in [-0.39, 0.29) is 0 Å². The van der Waals surface area contributed by atoms with E-state index in [0.29, 0.717) is 0 Å². The van der Waals surface area contributed by atoms with Crippen LogP contribution in [0.25, 0.3) is 0 Å². The summed E-state index contributed by atoms with van der Waals surface area (Å²) in [5.74, 6) is 0. The van der Waals surface area contributed by atoms with Crippen LogP contribution < -0.4 is 0 Å². The van der Waals surface area contributed by atoms with Crippen LogP contribution in [0.4, 0.5) is 5.69 Å². The molecule has 52 valence electrons. The van der Waals surface area contributed by atoms with Gasteiger partial charge in [-0.25, -0.2) is 0 Å². The van der Waals surface area contributed by atoms with Gasteiger partial charge in [-0.3, -0.25) is 9.98 Å². The molecule has 1 heterocycles. The highest BCUT2D eigenvalue weighted by atomic mass is 14.8. The smallest absolute Gasteiger partial charge is 0.0811 e. The fourth-order valence-electron chi connectivity index (χ4n) is 0.678. The molecule has 0 spiro atoms. The van der Waals surface area contributed by atoms with Gasteiger partial charge in [0.15, 0.2) is 0 Å². The third-order valence-electron chi connectivity index (χ3n) is 0.999. The zero-order valence-electron chi connectivity index (χ0n) is 6.20. The number of aliphatic imine (C=N–C) groups is 1. The Hall–Kier alpha value is -1.18. The Morgan fingerprint density at radius 1 is 1.50 bits per heavy atom. The molecule has 0 amide bonds. The molecule has 1 aromatic heterocycles. The molecule has 0 saturated heterocycles. The molecule has 0 aliphatic rings. The van der Waals surface area contributed by atoms with Crippen molar-refractivity contribution in [1.29, 1.82) is 0 Å². The fraction of sp³-hybridized carbons (Fsp3) is 0.250. The third kappa shape index (κ3) is 1.97. The Labute approximate surface area is 60.6 Å². The largest absolute Gasteiger partial charge is 0.262 e. The van der Waals surface area contributed by atoms with Crippen LogP contribution in [0.3, 0.4) is 0 Å². The maximum absolute atomic E-state index is 4.21. The minimum absolute atomic E-state index is 0.919. The van der Waals surface area contributed by atoms with Crippen LogP contribution in [0.2, 0.25) is 0 Å². The number of nitrogens with zero attached hydrogens (tertiary/aromatic N) is 2. The summed E-state index contributed by atoms with van der Waals surface area (Å²) in [5, 5.41) is 0. The van der Waals surface area contributed by atoms with Crippen LogP contribution in [0, 0.1) is 0 Å². The van der Waals surface area contributed by atoms with E-state index in [4.69, 9.17) is 0 Å². The summed E-state index contributed by atoms with van der Waals surface area (Å²) < 4.78 is 0. The van der Waals surface area contributed by atoms with Gasteiger partial charge in [-0.1, -0.05) is 0 Å². The lowest BCUT2D eigenvalue weighted by Crippen LogP contribution is -1.77. The second-order valence-corrected chi connectivity index (χ2v) is 2.27. The molecule has 0 saturated carbocycles. The fourth-order valence-corrected chi connectivity index (χ4v) is 0.678. The summed E-state index contributed by atoms with van der Waals surface area (Å²) in [7, 11) is 0. The molecule has 0 aromatic carbocycles. The number of hydrogen-bond donors (Lipinski definition) is 0. The van der Waals surface area contributed by atoms with E-state index in [0.717, 1.165) is 11.4 Å². The molecule has 10 heavy (non-hydrogen) atoms. The van der Waals surface area contributed by atoms with Gasteiger partial charge < -0.3 is 0 Å². The van der Waals surface area contributed by atoms with Crippen LogP contribution in [-0.4, -0.2) is 10.7 Å². The van der Waals surface area contributed by atoms with Crippen LogP contribution in [0.1, 0.15) is 13.8 Å². The lowest BCUT2D eigenvalue weighted by molar-refractivity contribution is 1.30. The van der Waals surface area contributed by atoms with Crippen LogP contribution in [-0.2, 0) is 0 Å². The van der Waals surface area contributed by atoms with Crippen LogP contribution >= 0.6 is 0 Å². The van der Waals surface area contributed by atoms with Crippen molar-refractivity contribution in [2.24, 2.45) is 4.99 Å². The summed E-state index contributed by atoms with van der Waals surface area (Å²) >= 11 is 0. The molecule has 0 aliphatic heterocycles. The molecule has 0 radical (unpaired) electrons. The predicted octanol–water partition coefficient (Wildman–Crippen LogP) is 2.19. The Balaban J connectivity index is 2.87. The van der Waals surface area contributed by atoms with E-state index in [1.165, 1.54) is 0 Å². The molecule has 0 unspecified atom stereocenters. The summed E-state index contributed by atoms with van der Waals surface area (Å²) in [4.78, 5) is 8.14. The monoisotopic (exact) mass is 134 g/mol. The molecule has 1 aromatic rings. The minimum Gasteiger partial charge on any atom is -0.262 e. The van der Waals surface area contributed by atoms with Crippen LogP contribution in [0.5, 0.6) is 0 Å².